The highest BCUT2D eigenvalue weighted by Gasteiger charge is 2.22. The molecule has 1 aromatic heterocycles. The van der Waals surface area contributed by atoms with Crippen molar-refractivity contribution in [3.63, 3.8) is 0 Å². The Morgan fingerprint density at radius 2 is 1.94 bits per heavy atom. The van der Waals surface area contributed by atoms with E-state index < -0.39 is 6.04 Å². The van der Waals surface area contributed by atoms with Gasteiger partial charge in [0.1, 0.15) is 11.6 Å². The fourth-order valence-electron chi connectivity index (χ4n) is 3.21. The minimum Gasteiger partial charge on any atom is -0.492 e. The second kappa shape index (κ2) is 10.9. The number of aromatic nitrogens is 2. The molecule has 0 saturated heterocycles. The van der Waals surface area contributed by atoms with E-state index in [9.17, 15) is 14.3 Å². The number of nitrogens with zero attached hydrogens (tertiary/aromatic N) is 1. The van der Waals surface area contributed by atoms with Crippen LogP contribution in [0, 0.1) is 11.7 Å². The number of aliphatic hydroxyl groups is 2. The highest BCUT2D eigenvalue weighted by atomic mass is 19.1. The number of amides is 1. The first-order valence-electron chi connectivity index (χ1n) is 10.5. The average Bonchev–Trinajstić information content (AvgIpc) is 3.20. The summed E-state index contributed by atoms with van der Waals surface area (Å²) in [5, 5.41) is 29.5. The van der Waals surface area contributed by atoms with Crippen LogP contribution in [0.15, 0.2) is 36.4 Å². The topological polar surface area (TPSA) is 107 Å². The predicted molar refractivity (Wildman–Crippen MR) is 122 cm³/mol. The Morgan fingerprint density at radius 1 is 1.19 bits per heavy atom. The molecule has 0 aliphatic carbocycles. The summed E-state index contributed by atoms with van der Waals surface area (Å²) < 4.78 is 19.1. The number of fused-ring (bicyclic) bond motifs is 1. The molecule has 0 fully saturated rings. The van der Waals surface area contributed by atoms with E-state index in [1.807, 2.05) is 13.8 Å². The first kappa shape index (κ1) is 23.4. The smallest absolute Gasteiger partial charge is 0.255 e. The Kier molecular flexibility index (Phi) is 7.97. The van der Waals surface area contributed by atoms with Gasteiger partial charge >= 0.3 is 0 Å². The van der Waals surface area contributed by atoms with Gasteiger partial charge in [0.15, 0.2) is 0 Å². The van der Waals surface area contributed by atoms with Gasteiger partial charge in [-0.2, -0.15) is 5.10 Å². The number of halogens is 1. The lowest BCUT2D eigenvalue weighted by Crippen LogP contribution is -2.41. The number of ether oxygens (including phenoxy) is 1. The molecule has 4 N–H and O–H groups in total. The molecule has 1 amide bonds. The summed E-state index contributed by atoms with van der Waals surface area (Å²) >= 11 is 0. The van der Waals surface area contributed by atoms with E-state index in [1.165, 1.54) is 12.1 Å². The average molecular weight is 442 g/mol. The van der Waals surface area contributed by atoms with Crippen LogP contribution in [-0.2, 0) is 0 Å². The minimum absolute atomic E-state index is 0.0415. The number of rotatable bonds is 10. The number of carbonyl (C=O) groups is 1. The zero-order valence-electron chi connectivity index (χ0n) is 18.1. The molecule has 0 saturated carbocycles. The summed E-state index contributed by atoms with van der Waals surface area (Å²) in [6.45, 7) is 3.83. The van der Waals surface area contributed by atoms with Crippen molar-refractivity contribution in [1.29, 1.82) is 0 Å². The van der Waals surface area contributed by atoms with Crippen molar-refractivity contribution in [2.45, 2.75) is 26.3 Å². The summed E-state index contributed by atoms with van der Waals surface area (Å²) in [7, 11) is 0. The second-order valence-corrected chi connectivity index (χ2v) is 7.79. The third-order valence-electron chi connectivity index (χ3n) is 5.13. The van der Waals surface area contributed by atoms with E-state index in [4.69, 9.17) is 9.84 Å². The van der Waals surface area contributed by atoms with Gasteiger partial charge in [0, 0.05) is 13.0 Å². The second-order valence-electron chi connectivity index (χ2n) is 7.79. The van der Waals surface area contributed by atoms with Crippen molar-refractivity contribution >= 4 is 29.0 Å². The molecule has 0 spiro atoms. The highest BCUT2D eigenvalue weighted by molar-refractivity contribution is 6.05. The molecule has 0 aliphatic rings. The minimum atomic E-state index is -0.398. The summed E-state index contributed by atoms with van der Waals surface area (Å²) in [6, 6.07) is 9.05. The van der Waals surface area contributed by atoms with Crippen LogP contribution < -0.4 is 10.1 Å². The number of aliphatic hydroxyl groups excluding tert-OH is 2. The van der Waals surface area contributed by atoms with Crippen molar-refractivity contribution < 1.29 is 24.1 Å². The van der Waals surface area contributed by atoms with Crippen LogP contribution in [0.3, 0.4) is 0 Å². The van der Waals surface area contributed by atoms with Crippen molar-refractivity contribution in [2.75, 3.05) is 19.8 Å². The molecule has 32 heavy (non-hydrogen) atoms. The molecule has 170 valence electrons. The van der Waals surface area contributed by atoms with E-state index in [0.717, 1.165) is 5.56 Å². The van der Waals surface area contributed by atoms with Crippen LogP contribution in [0.25, 0.3) is 23.1 Å². The molecular formula is C24H28FN3O4. The van der Waals surface area contributed by atoms with Crippen LogP contribution >= 0.6 is 0 Å². The van der Waals surface area contributed by atoms with E-state index >= 15 is 0 Å². The van der Waals surface area contributed by atoms with Crippen molar-refractivity contribution in [2.24, 2.45) is 5.92 Å². The van der Waals surface area contributed by atoms with Gasteiger partial charge in [0.2, 0.25) is 0 Å². The van der Waals surface area contributed by atoms with Crippen LogP contribution in [0.5, 0.6) is 5.75 Å². The molecule has 2 aromatic carbocycles. The SMILES string of the molecule is CC(C)[C@@H](CO)NC(=O)c1ccc2[nH]nc(/C=C/c3ccc(F)cc3)c2c1OCCCO. The van der Waals surface area contributed by atoms with Gasteiger partial charge in [-0.1, -0.05) is 32.1 Å². The van der Waals surface area contributed by atoms with Gasteiger partial charge in [-0.15, -0.1) is 0 Å². The number of hydrogen-bond donors (Lipinski definition) is 4. The van der Waals surface area contributed by atoms with Gasteiger partial charge in [-0.25, -0.2) is 4.39 Å². The van der Waals surface area contributed by atoms with Gasteiger partial charge < -0.3 is 20.3 Å². The zero-order chi connectivity index (χ0) is 23.1. The lowest BCUT2D eigenvalue weighted by Gasteiger charge is -2.21. The predicted octanol–water partition coefficient (Wildman–Crippen LogP) is 3.38. The molecule has 0 unspecified atom stereocenters. The van der Waals surface area contributed by atoms with Gasteiger partial charge in [0.25, 0.3) is 5.91 Å². The van der Waals surface area contributed by atoms with Crippen molar-refractivity contribution in [1.82, 2.24) is 15.5 Å². The molecule has 3 rings (SSSR count). The first-order chi connectivity index (χ1) is 15.4. The van der Waals surface area contributed by atoms with E-state index in [-0.39, 0.29) is 37.5 Å². The quantitative estimate of drug-likeness (QED) is 0.361. The number of H-pyrrole nitrogens is 1. The molecule has 0 aliphatic heterocycles. The molecule has 7 nitrogen and oxygen atoms in total. The normalized spacial score (nSPS) is 12.6. The monoisotopic (exact) mass is 441 g/mol. The lowest BCUT2D eigenvalue weighted by molar-refractivity contribution is 0.0893. The summed E-state index contributed by atoms with van der Waals surface area (Å²) in [6.07, 6.45) is 3.96. The third kappa shape index (κ3) is 5.52. The van der Waals surface area contributed by atoms with Gasteiger partial charge in [0.05, 0.1) is 41.4 Å². The molecule has 0 radical (unpaired) electrons. The zero-order valence-corrected chi connectivity index (χ0v) is 18.1. The van der Waals surface area contributed by atoms with E-state index in [2.05, 4.69) is 15.5 Å². The Balaban J connectivity index is 2.02. The standard InChI is InChI=1S/C24H28FN3O4/c1-15(2)21(14-30)26-24(31)18-9-11-20-22(23(18)32-13-3-12-29)19(27-28-20)10-6-16-4-7-17(25)8-5-16/h4-11,15,21,29-30H,3,12-14H2,1-2H3,(H,26,31)(H,27,28)/b10-6+/t21-/m1/s1. The molecule has 1 heterocycles. The molecule has 0 bridgehead atoms. The third-order valence-corrected chi connectivity index (χ3v) is 5.13. The van der Waals surface area contributed by atoms with E-state index in [0.29, 0.717) is 34.3 Å². The molecular weight excluding hydrogens is 413 g/mol. The largest absolute Gasteiger partial charge is 0.492 e. The molecule has 1 atom stereocenters. The molecule has 8 heteroatoms. The summed E-state index contributed by atoms with van der Waals surface area (Å²) in [4.78, 5) is 13.0. The fraction of sp³-hybridized carbons (Fsp3) is 0.333. The Bertz CT molecular complexity index is 1080. The van der Waals surface area contributed by atoms with Crippen LogP contribution in [0.4, 0.5) is 4.39 Å². The Morgan fingerprint density at radius 3 is 2.59 bits per heavy atom. The first-order valence-corrected chi connectivity index (χ1v) is 10.5. The van der Waals surface area contributed by atoms with Gasteiger partial charge in [-0.05, 0) is 41.8 Å². The number of hydrogen-bond acceptors (Lipinski definition) is 5. The maximum absolute atomic E-state index is 13.2. The lowest BCUT2D eigenvalue weighted by atomic mass is 10.0. The van der Waals surface area contributed by atoms with Crippen LogP contribution in [0.2, 0.25) is 0 Å². The fourth-order valence-corrected chi connectivity index (χ4v) is 3.21. The number of carbonyl (C=O) groups excluding carboxylic acids is 1. The summed E-state index contributed by atoms with van der Waals surface area (Å²) in [5.41, 5.74) is 2.34. The number of aromatic amines is 1. The van der Waals surface area contributed by atoms with Gasteiger partial charge in [-0.3, -0.25) is 9.89 Å². The van der Waals surface area contributed by atoms with Crippen molar-refractivity contribution in [3.05, 3.63) is 59.0 Å². The Hall–Kier alpha value is -3.23. The number of benzene rings is 2. The van der Waals surface area contributed by atoms with Crippen LogP contribution in [-0.4, -0.2) is 52.2 Å². The molecule has 3 aromatic rings. The van der Waals surface area contributed by atoms with Crippen LogP contribution in [0.1, 0.15) is 41.9 Å². The highest BCUT2D eigenvalue weighted by Crippen LogP contribution is 2.33. The number of nitrogens with one attached hydrogen (secondary N) is 2. The van der Waals surface area contributed by atoms with E-state index in [1.54, 1.807) is 36.4 Å². The summed E-state index contributed by atoms with van der Waals surface area (Å²) in [5.74, 6) is -0.283. The maximum Gasteiger partial charge on any atom is 0.255 e. The van der Waals surface area contributed by atoms with Crippen molar-refractivity contribution in [3.8, 4) is 5.75 Å². The maximum atomic E-state index is 13.2. The Labute approximate surface area is 185 Å².